The molecule has 98 valence electrons. The third-order valence-electron chi connectivity index (χ3n) is 2.75. The van der Waals surface area contributed by atoms with Gasteiger partial charge >= 0.3 is 0 Å². The largest absolute Gasteiger partial charge is 0.313 e. The first-order chi connectivity index (χ1) is 7.47. The highest BCUT2D eigenvalue weighted by Gasteiger charge is 2.15. The minimum atomic E-state index is -0.657. The molecule has 0 saturated carbocycles. The van der Waals surface area contributed by atoms with Crippen molar-refractivity contribution in [2.24, 2.45) is 11.8 Å². The number of nitrogens with one attached hydrogen (secondary N) is 1. The van der Waals surface area contributed by atoms with Crippen molar-refractivity contribution in [3.05, 3.63) is 0 Å². The van der Waals surface area contributed by atoms with Crippen LogP contribution in [0.5, 0.6) is 0 Å². The smallest absolute Gasteiger partial charge is 0.0391 e. The fourth-order valence-corrected chi connectivity index (χ4v) is 3.27. The number of hydrogen-bond donors (Lipinski definition) is 1. The maximum absolute atomic E-state index is 11.9. The van der Waals surface area contributed by atoms with Crippen LogP contribution in [0.1, 0.15) is 47.5 Å². The quantitative estimate of drug-likeness (QED) is 0.679. The molecule has 0 spiro atoms. The van der Waals surface area contributed by atoms with Crippen molar-refractivity contribution in [2.75, 3.05) is 18.1 Å². The molecule has 0 aromatic carbocycles. The normalized spacial score (nSPS) is 15.7. The van der Waals surface area contributed by atoms with E-state index in [0.29, 0.717) is 17.9 Å². The third-order valence-corrected chi connectivity index (χ3v) is 4.17. The fraction of sp³-hybridized carbons (Fsp3) is 1.00. The summed E-state index contributed by atoms with van der Waals surface area (Å²) < 4.78 is 11.9. The van der Waals surface area contributed by atoms with Crippen molar-refractivity contribution in [2.45, 2.75) is 53.5 Å². The fourth-order valence-electron chi connectivity index (χ4n) is 1.47. The van der Waals surface area contributed by atoms with Crippen LogP contribution in [-0.2, 0) is 10.8 Å². The third kappa shape index (κ3) is 8.28. The minimum Gasteiger partial charge on any atom is -0.313 e. The summed E-state index contributed by atoms with van der Waals surface area (Å²) in [5.74, 6) is 2.89. The van der Waals surface area contributed by atoms with E-state index in [-0.39, 0.29) is 0 Å². The van der Waals surface area contributed by atoms with Crippen LogP contribution in [-0.4, -0.2) is 28.3 Å². The second-order valence-electron chi connectivity index (χ2n) is 5.30. The Morgan fingerprint density at radius 2 is 1.81 bits per heavy atom. The van der Waals surface area contributed by atoms with Crippen LogP contribution >= 0.6 is 0 Å². The van der Waals surface area contributed by atoms with Gasteiger partial charge in [0.1, 0.15) is 0 Å². The van der Waals surface area contributed by atoms with Crippen molar-refractivity contribution in [1.29, 1.82) is 0 Å². The van der Waals surface area contributed by atoms with Gasteiger partial charge in [0.2, 0.25) is 0 Å². The lowest BCUT2D eigenvalue weighted by Crippen LogP contribution is -2.39. The van der Waals surface area contributed by atoms with Gasteiger partial charge in [-0.15, -0.1) is 0 Å². The van der Waals surface area contributed by atoms with Crippen molar-refractivity contribution in [1.82, 2.24) is 5.32 Å². The Morgan fingerprint density at radius 3 is 2.25 bits per heavy atom. The first-order valence-electron chi connectivity index (χ1n) is 6.55. The van der Waals surface area contributed by atoms with Gasteiger partial charge in [-0.05, 0) is 31.2 Å². The predicted octanol–water partition coefficient (Wildman–Crippen LogP) is 2.81. The lowest BCUT2D eigenvalue weighted by atomic mass is 10.1. The summed E-state index contributed by atoms with van der Waals surface area (Å²) in [4.78, 5) is 0. The number of hydrogen-bond acceptors (Lipinski definition) is 2. The molecule has 0 aliphatic rings. The highest BCUT2D eigenvalue weighted by molar-refractivity contribution is 7.85. The highest BCUT2D eigenvalue weighted by Crippen LogP contribution is 2.07. The molecule has 0 saturated heterocycles. The summed E-state index contributed by atoms with van der Waals surface area (Å²) >= 11 is 0. The Kier molecular flexibility index (Phi) is 9.24. The molecular formula is C13H29NOS. The molecule has 0 fully saturated rings. The van der Waals surface area contributed by atoms with Gasteiger partial charge in [-0.3, -0.25) is 4.21 Å². The Bertz CT molecular complexity index is 192. The molecule has 0 rings (SSSR count). The molecule has 0 aliphatic carbocycles. The van der Waals surface area contributed by atoms with Crippen LogP contribution in [0.2, 0.25) is 0 Å². The van der Waals surface area contributed by atoms with Crippen LogP contribution in [0.3, 0.4) is 0 Å². The summed E-state index contributed by atoms with van der Waals surface area (Å²) in [6.45, 7) is 12.0. The standard InChI is InChI=1S/C13H29NOS/c1-6-8-14-13(12(4)5)10-16(15)9-7-11(2)3/h11-14H,6-10H2,1-5H3. The molecule has 1 N–H and O–H groups in total. The summed E-state index contributed by atoms with van der Waals surface area (Å²) in [6.07, 6.45) is 2.22. The van der Waals surface area contributed by atoms with E-state index in [4.69, 9.17) is 0 Å². The van der Waals surface area contributed by atoms with Gasteiger partial charge in [0.25, 0.3) is 0 Å². The Morgan fingerprint density at radius 1 is 1.19 bits per heavy atom. The van der Waals surface area contributed by atoms with Gasteiger partial charge < -0.3 is 5.32 Å². The summed E-state index contributed by atoms with van der Waals surface area (Å²) in [7, 11) is -0.657. The average molecular weight is 247 g/mol. The van der Waals surface area contributed by atoms with Gasteiger partial charge in [0.15, 0.2) is 0 Å². The molecular weight excluding hydrogens is 218 g/mol. The van der Waals surface area contributed by atoms with Crippen LogP contribution in [0.25, 0.3) is 0 Å². The van der Waals surface area contributed by atoms with Crippen molar-refractivity contribution >= 4 is 10.8 Å². The Hall–Kier alpha value is 0.110. The predicted molar refractivity (Wildman–Crippen MR) is 74.3 cm³/mol. The molecule has 0 radical (unpaired) electrons. The van der Waals surface area contributed by atoms with E-state index in [0.717, 1.165) is 30.9 Å². The molecule has 0 aromatic rings. The topological polar surface area (TPSA) is 29.1 Å². The molecule has 0 amide bonds. The molecule has 2 nitrogen and oxygen atoms in total. The van der Waals surface area contributed by atoms with Gasteiger partial charge in [0.05, 0.1) is 0 Å². The molecule has 16 heavy (non-hydrogen) atoms. The first kappa shape index (κ1) is 16.1. The van der Waals surface area contributed by atoms with E-state index in [1.165, 1.54) is 0 Å². The van der Waals surface area contributed by atoms with Crippen LogP contribution in [0.15, 0.2) is 0 Å². The molecule has 3 heteroatoms. The van der Waals surface area contributed by atoms with E-state index >= 15 is 0 Å². The van der Waals surface area contributed by atoms with Gasteiger partial charge in [-0.1, -0.05) is 34.6 Å². The molecule has 0 bridgehead atoms. The van der Waals surface area contributed by atoms with Gasteiger partial charge in [0, 0.05) is 28.3 Å². The van der Waals surface area contributed by atoms with Crippen LogP contribution in [0, 0.1) is 11.8 Å². The maximum Gasteiger partial charge on any atom is 0.0391 e. The van der Waals surface area contributed by atoms with E-state index in [1.54, 1.807) is 0 Å². The van der Waals surface area contributed by atoms with Crippen molar-refractivity contribution in [3.63, 3.8) is 0 Å². The van der Waals surface area contributed by atoms with Crippen LogP contribution in [0.4, 0.5) is 0 Å². The lowest BCUT2D eigenvalue weighted by molar-refractivity contribution is 0.430. The summed E-state index contributed by atoms with van der Waals surface area (Å²) in [5, 5.41) is 3.49. The zero-order valence-corrected chi connectivity index (χ0v) is 12.4. The molecule has 2 atom stereocenters. The van der Waals surface area contributed by atoms with E-state index in [9.17, 15) is 4.21 Å². The van der Waals surface area contributed by atoms with Crippen molar-refractivity contribution < 1.29 is 4.21 Å². The van der Waals surface area contributed by atoms with E-state index in [2.05, 4.69) is 39.9 Å². The van der Waals surface area contributed by atoms with Crippen LogP contribution < -0.4 is 5.32 Å². The molecule has 2 unspecified atom stereocenters. The Balaban J connectivity index is 3.93. The Labute approximate surface area is 104 Å². The molecule has 0 aromatic heterocycles. The maximum atomic E-state index is 11.9. The first-order valence-corrected chi connectivity index (χ1v) is 8.04. The zero-order chi connectivity index (χ0) is 12.6. The van der Waals surface area contributed by atoms with E-state index < -0.39 is 10.8 Å². The van der Waals surface area contributed by atoms with Gasteiger partial charge in [-0.2, -0.15) is 0 Å². The van der Waals surface area contributed by atoms with E-state index in [1.807, 2.05) is 0 Å². The van der Waals surface area contributed by atoms with Gasteiger partial charge in [-0.25, -0.2) is 0 Å². The lowest BCUT2D eigenvalue weighted by Gasteiger charge is -2.22. The number of rotatable bonds is 9. The summed E-state index contributed by atoms with van der Waals surface area (Å²) in [5.41, 5.74) is 0. The second-order valence-corrected chi connectivity index (χ2v) is 6.92. The molecule has 0 aliphatic heterocycles. The second kappa shape index (κ2) is 9.17. The minimum absolute atomic E-state index is 0.410. The van der Waals surface area contributed by atoms with Crippen molar-refractivity contribution in [3.8, 4) is 0 Å². The average Bonchev–Trinajstić information content (AvgIpc) is 2.20. The monoisotopic (exact) mass is 247 g/mol. The SMILES string of the molecule is CCCNC(CS(=O)CCC(C)C)C(C)C. The highest BCUT2D eigenvalue weighted by atomic mass is 32.2. The molecule has 0 heterocycles. The zero-order valence-electron chi connectivity index (χ0n) is 11.6. The summed E-state index contributed by atoms with van der Waals surface area (Å²) in [6, 6.07) is 0.410.